The fraction of sp³-hybridized carbons (Fsp3) is 0.500. The summed E-state index contributed by atoms with van der Waals surface area (Å²) in [6, 6.07) is 5.69. The molecule has 4 heteroatoms. The van der Waals surface area contributed by atoms with E-state index >= 15 is 0 Å². The SMILES string of the molecule is CC(C)C(N)CNC(=O)c1ccc2c(c1)COC2. The molecule has 3 N–H and O–H groups in total. The minimum absolute atomic E-state index is 0.00768. The number of fused-ring (bicyclic) bond motifs is 1. The van der Waals surface area contributed by atoms with Crippen molar-refractivity contribution in [1.82, 2.24) is 5.32 Å². The molecule has 0 aliphatic carbocycles. The Kier molecular flexibility index (Phi) is 3.99. The van der Waals surface area contributed by atoms with Gasteiger partial charge in [0.05, 0.1) is 13.2 Å². The van der Waals surface area contributed by atoms with Gasteiger partial charge in [0.25, 0.3) is 5.91 Å². The molecular formula is C14H20N2O2. The third-order valence-electron chi connectivity index (χ3n) is 3.34. The highest BCUT2D eigenvalue weighted by atomic mass is 16.5. The molecule has 1 aliphatic heterocycles. The molecule has 0 aromatic heterocycles. The van der Waals surface area contributed by atoms with Crippen LogP contribution < -0.4 is 11.1 Å². The van der Waals surface area contributed by atoms with E-state index in [2.05, 4.69) is 5.32 Å². The van der Waals surface area contributed by atoms with Gasteiger partial charge in [-0.25, -0.2) is 0 Å². The van der Waals surface area contributed by atoms with Crippen LogP contribution in [0.5, 0.6) is 0 Å². The number of benzene rings is 1. The van der Waals surface area contributed by atoms with Crippen molar-refractivity contribution in [3.05, 3.63) is 34.9 Å². The lowest BCUT2D eigenvalue weighted by molar-refractivity contribution is 0.0949. The van der Waals surface area contributed by atoms with E-state index in [-0.39, 0.29) is 11.9 Å². The molecule has 1 unspecified atom stereocenters. The van der Waals surface area contributed by atoms with Gasteiger partial charge in [-0.15, -0.1) is 0 Å². The van der Waals surface area contributed by atoms with Crippen molar-refractivity contribution in [3.63, 3.8) is 0 Å². The zero-order valence-electron chi connectivity index (χ0n) is 10.9. The van der Waals surface area contributed by atoms with E-state index in [0.717, 1.165) is 5.56 Å². The maximum absolute atomic E-state index is 12.0. The van der Waals surface area contributed by atoms with Crippen molar-refractivity contribution in [2.75, 3.05) is 6.54 Å². The zero-order valence-corrected chi connectivity index (χ0v) is 10.9. The van der Waals surface area contributed by atoms with Gasteiger partial charge in [0.15, 0.2) is 0 Å². The molecule has 18 heavy (non-hydrogen) atoms. The highest BCUT2D eigenvalue weighted by Crippen LogP contribution is 2.20. The van der Waals surface area contributed by atoms with Crippen molar-refractivity contribution in [3.8, 4) is 0 Å². The predicted octanol–water partition coefficient (Wildman–Crippen LogP) is 1.43. The van der Waals surface area contributed by atoms with Crippen molar-refractivity contribution in [2.45, 2.75) is 33.1 Å². The number of hydrogen-bond donors (Lipinski definition) is 2. The van der Waals surface area contributed by atoms with Gasteiger partial charge < -0.3 is 15.8 Å². The van der Waals surface area contributed by atoms with E-state index in [0.29, 0.717) is 31.2 Å². The largest absolute Gasteiger partial charge is 0.372 e. The first-order valence-electron chi connectivity index (χ1n) is 6.31. The van der Waals surface area contributed by atoms with Crippen LogP contribution in [0.3, 0.4) is 0 Å². The topological polar surface area (TPSA) is 64.3 Å². The average molecular weight is 248 g/mol. The molecule has 2 rings (SSSR count). The summed E-state index contributed by atoms with van der Waals surface area (Å²) in [5.74, 6) is 0.291. The molecular weight excluding hydrogens is 228 g/mol. The first-order valence-corrected chi connectivity index (χ1v) is 6.31. The summed E-state index contributed by atoms with van der Waals surface area (Å²) in [4.78, 5) is 12.0. The molecule has 4 nitrogen and oxygen atoms in total. The number of amides is 1. The Bertz CT molecular complexity index is 443. The fourth-order valence-corrected chi connectivity index (χ4v) is 1.86. The molecule has 0 saturated carbocycles. The maximum Gasteiger partial charge on any atom is 0.251 e. The van der Waals surface area contributed by atoms with Crippen LogP contribution in [-0.4, -0.2) is 18.5 Å². The Morgan fingerprint density at radius 1 is 1.39 bits per heavy atom. The number of carbonyl (C=O) groups is 1. The van der Waals surface area contributed by atoms with Crippen molar-refractivity contribution in [2.24, 2.45) is 11.7 Å². The Labute approximate surface area is 108 Å². The van der Waals surface area contributed by atoms with E-state index in [1.807, 2.05) is 32.0 Å². The molecule has 1 heterocycles. The van der Waals surface area contributed by atoms with Crippen molar-refractivity contribution in [1.29, 1.82) is 0 Å². The first kappa shape index (κ1) is 13.1. The molecule has 1 aliphatic rings. The number of hydrogen-bond acceptors (Lipinski definition) is 3. The molecule has 0 radical (unpaired) electrons. The molecule has 1 aromatic carbocycles. The monoisotopic (exact) mass is 248 g/mol. The van der Waals surface area contributed by atoms with Crippen LogP contribution in [0.25, 0.3) is 0 Å². The van der Waals surface area contributed by atoms with Gasteiger partial charge in [-0.2, -0.15) is 0 Å². The van der Waals surface area contributed by atoms with Gasteiger partial charge in [0, 0.05) is 18.2 Å². The van der Waals surface area contributed by atoms with Crippen LogP contribution in [0.15, 0.2) is 18.2 Å². The molecule has 1 atom stereocenters. The predicted molar refractivity (Wildman–Crippen MR) is 70.1 cm³/mol. The van der Waals surface area contributed by atoms with Crippen LogP contribution in [0, 0.1) is 5.92 Å². The van der Waals surface area contributed by atoms with Gasteiger partial charge >= 0.3 is 0 Å². The third kappa shape index (κ3) is 2.89. The molecule has 1 aromatic rings. The van der Waals surface area contributed by atoms with E-state index in [9.17, 15) is 4.79 Å². The second-order valence-corrected chi connectivity index (χ2v) is 5.09. The summed E-state index contributed by atoms with van der Waals surface area (Å²) in [6.07, 6.45) is 0. The molecule has 0 fully saturated rings. The molecule has 0 bridgehead atoms. The highest BCUT2D eigenvalue weighted by molar-refractivity contribution is 5.94. The third-order valence-corrected chi connectivity index (χ3v) is 3.34. The summed E-state index contributed by atoms with van der Waals surface area (Å²) in [5.41, 5.74) is 8.85. The minimum Gasteiger partial charge on any atom is -0.372 e. The Balaban J connectivity index is 1.97. The maximum atomic E-state index is 12.0. The van der Waals surface area contributed by atoms with E-state index in [1.54, 1.807) is 0 Å². The second kappa shape index (κ2) is 5.50. The molecule has 0 spiro atoms. The number of nitrogens with one attached hydrogen (secondary N) is 1. The lowest BCUT2D eigenvalue weighted by atomic mass is 10.0. The van der Waals surface area contributed by atoms with Gasteiger partial charge in [0.1, 0.15) is 0 Å². The van der Waals surface area contributed by atoms with Crippen LogP contribution in [0.2, 0.25) is 0 Å². The second-order valence-electron chi connectivity index (χ2n) is 5.09. The first-order chi connectivity index (χ1) is 8.58. The van der Waals surface area contributed by atoms with Crippen LogP contribution in [0.4, 0.5) is 0 Å². The normalized spacial score (nSPS) is 15.6. The molecule has 0 saturated heterocycles. The quantitative estimate of drug-likeness (QED) is 0.847. The standard InChI is InChI=1S/C14H20N2O2/c1-9(2)13(15)6-16-14(17)10-3-4-11-7-18-8-12(11)5-10/h3-5,9,13H,6-8,15H2,1-2H3,(H,16,17). The molecule has 98 valence electrons. The average Bonchev–Trinajstić information content (AvgIpc) is 2.82. The van der Waals surface area contributed by atoms with Gasteiger partial charge in [0.2, 0.25) is 0 Å². The number of ether oxygens (including phenoxy) is 1. The van der Waals surface area contributed by atoms with Gasteiger partial charge in [-0.05, 0) is 29.2 Å². The summed E-state index contributed by atoms with van der Waals surface area (Å²) in [7, 11) is 0. The number of rotatable bonds is 4. The zero-order chi connectivity index (χ0) is 13.1. The lowest BCUT2D eigenvalue weighted by Crippen LogP contribution is -2.40. The van der Waals surface area contributed by atoms with Gasteiger partial charge in [-0.1, -0.05) is 19.9 Å². The van der Waals surface area contributed by atoms with Crippen LogP contribution in [-0.2, 0) is 18.0 Å². The minimum atomic E-state index is -0.0687. The van der Waals surface area contributed by atoms with Crippen molar-refractivity contribution < 1.29 is 9.53 Å². The van der Waals surface area contributed by atoms with Crippen LogP contribution >= 0.6 is 0 Å². The summed E-state index contributed by atoms with van der Waals surface area (Å²) in [6.45, 7) is 5.84. The Morgan fingerprint density at radius 3 is 2.83 bits per heavy atom. The number of nitrogens with two attached hydrogens (primary N) is 1. The Morgan fingerprint density at radius 2 is 2.11 bits per heavy atom. The lowest BCUT2D eigenvalue weighted by Gasteiger charge is -2.16. The van der Waals surface area contributed by atoms with E-state index in [4.69, 9.17) is 10.5 Å². The van der Waals surface area contributed by atoms with Crippen molar-refractivity contribution >= 4 is 5.91 Å². The van der Waals surface area contributed by atoms with Gasteiger partial charge in [-0.3, -0.25) is 4.79 Å². The Hall–Kier alpha value is -1.39. The summed E-state index contributed by atoms with van der Waals surface area (Å²) >= 11 is 0. The summed E-state index contributed by atoms with van der Waals surface area (Å²) < 4.78 is 5.33. The van der Waals surface area contributed by atoms with E-state index in [1.165, 1.54) is 5.56 Å². The smallest absolute Gasteiger partial charge is 0.251 e. The van der Waals surface area contributed by atoms with E-state index < -0.39 is 0 Å². The number of carbonyl (C=O) groups excluding carboxylic acids is 1. The molecule has 1 amide bonds. The highest BCUT2D eigenvalue weighted by Gasteiger charge is 2.15. The summed E-state index contributed by atoms with van der Waals surface area (Å²) in [5, 5.41) is 2.87. The fourth-order valence-electron chi connectivity index (χ4n) is 1.86. The van der Waals surface area contributed by atoms with Crippen LogP contribution in [0.1, 0.15) is 35.3 Å².